The molecule has 5 heteroatoms. The fourth-order valence-corrected chi connectivity index (χ4v) is 2.36. The van der Waals surface area contributed by atoms with Crippen LogP contribution in [0.25, 0.3) is 11.4 Å². The Morgan fingerprint density at radius 1 is 1.29 bits per heavy atom. The smallest absolute Gasteiger partial charge is 0.228 e. The van der Waals surface area contributed by atoms with Gasteiger partial charge in [0.1, 0.15) is 0 Å². The number of hydrogen-bond acceptors (Lipinski definition) is 5. The highest BCUT2D eigenvalue weighted by atomic mass is 16.5. The Kier molecular flexibility index (Phi) is 5.87. The maximum atomic E-state index is 5.41. The van der Waals surface area contributed by atoms with Crippen LogP contribution in [0.15, 0.2) is 23.0 Å². The lowest BCUT2D eigenvalue weighted by Crippen LogP contribution is -2.31. The van der Waals surface area contributed by atoms with Gasteiger partial charge in [-0.15, -0.1) is 0 Å². The number of nitrogens with zero attached hydrogens (tertiary/aromatic N) is 3. The summed E-state index contributed by atoms with van der Waals surface area (Å²) < 4.78 is 5.41. The van der Waals surface area contributed by atoms with Gasteiger partial charge in [0.05, 0.1) is 0 Å². The second kappa shape index (κ2) is 7.88. The van der Waals surface area contributed by atoms with E-state index in [0.29, 0.717) is 17.8 Å². The zero-order chi connectivity index (χ0) is 15.1. The Bertz CT molecular complexity index is 553. The maximum absolute atomic E-state index is 5.41. The second-order valence-corrected chi connectivity index (χ2v) is 5.35. The molecule has 114 valence electrons. The van der Waals surface area contributed by atoms with Crippen LogP contribution in [0.2, 0.25) is 0 Å². The molecule has 2 aromatic heterocycles. The molecule has 1 N–H and O–H groups in total. The Labute approximate surface area is 126 Å². The summed E-state index contributed by atoms with van der Waals surface area (Å²) in [6.45, 7) is 7.39. The van der Waals surface area contributed by atoms with E-state index in [-0.39, 0.29) is 0 Å². The van der Waals surface area contributed by atoms with Crippen LogP contribution in [-0.4, -0.2) is 27.7 Å². The van der Waals surface area contributed by atoms with Gasteiger partial charge in [-0.1, -0.05) is 25.4 Å². The molecule has 0 aromatic carbocycles. The van der Waals surface area contributed by atoms with Crippen LogP contribution in [0.1, 0.15) is 44.6 Å². The molecule has 5 nitrogen and oxygen atoms in total. The topological polar surface area (TPSA) is 63.8 Å². The summed E-state index contributed by atoms with van der Waals surface area (Å²) in [5.41, 5.74) is 2.03. The molecule has 0 radical (unpaired) electrons. The van der Waals surface area contributed by atoms with Gasteiger partial charge in [0, 0.05) is 30.4 Å². The molecule has 0 aliphatic heterocycles. The lowest BCUT2D eigenvalue weighted by atomic mass is 10.1. The normalized spacial score (nSPS) is 12.5. The molecule has 1 atom stereocenters. The summed E-state index contributed by atoms with van der Waals surface area (Å²) in [4.78, 5) is 8.61. The van der Waals surface area contributed by atoms with E-state index in [2.05, 4.69) is 34.3 Å². The highest BCUT2D eigenvalue weighted by Crippen LogP contribution is 2.19. The molecule has 0 fully saturated rings. The molecule has 0 aliphatic rings. The van der Waals surface area contributed by atoms with Crippen LogP contribution in [-0.2, 0) is 6.42 Å². The molecule has 0 aliphatic carbocycles. The second-order valence-electron chi connectivity index (χ2n) is 5.35. The minimum absolute atomic E-state index is 0.404. The first kappa shape index (κ1) is 15.6. The van der Waals surface area contributed by atoms with Gasteiger partial charge in [0.2, 0.25) is 11.7 Å². The van der Waals surface area contributed by atoms with Crippen molar-refractivity contribution in [3.8, 4) is 11.4 Å². The first-order valence-electron chi connectivity index (χ1n) is 7.71. The predicted molar refractivity (Wildman–Crippen MR) is 83.0 cm³/mol. The largest absolute Gasteiger partial charge is 0.339 e. The lowest BCUT2D eigenvalue weighted by Gasteiger charge is -2.15. The van der Waals surface area contributed by atoms with E-state index >= 15 is 0 Å². The zero-order valence-corrected chi connectivity index (χ0v) is 13.1. The number of hydrogen-bond donors (Lipinski definition) is 1. The summed E-state index contributed by atoms with van der Waals surface area (Å²) in [6.07, 6.45) is 7.74. The fourth-order valence-electron chi connectivity index (χ4n) is 2.36. The Balaban J connectivity index is 2.06. The van der Waals surface area contributed by atoms with Crippen molar-refractivity contribution < 1.29 is 4.52 Å². The molecule has 1 unspecified atom stereocenters. The van der Waals surface area contributed by atoms with Crippen molar-refractivity contribution in [1.82, 2.24) is 20.4 Å². The summed E-state index contributed by atoms with van der Waals surface area (Å²) in [7, 11) is 0. The average Bonchev–Trinajstić information content (AvgIpc) is 2.94. The van der Waals surface area contributed by atoms with Crippen molar-refractivity contribution in [2.45, 2.75) is 52.5 Å². The van der Waals surface area contributed by atoms with Gasteiger partial charge in [-0.25, -0.2) is 0 Å². The molecule has 0 bridgehead atoms. The first-order valence-corrected chi connectivity index (χ1v) is 7.71. The molecule has 21 heavy (non-hydrogen) atoms. The van der Waals surface area contributed by atoms with Gasteiger partial charge in [0.15, 0.2) is 0 Å². The van der Waals surface area contributed by atoms with Crippen LogP contribution >= 0.6 is 0 Å². The van der Waals surface area contributed by atoms with Crippen molar-refractivity contribution in [1.29, 1.82) is 0 Å². The molecule has 0 saturated carbocycles. The first-order chi connectivity index (χ1) is 10.2. The van der Waals surface area contributed by atoms with Crippen LogP contribution in [0.5, 0.6) is 0 Å². The Morgan fingerprint density at radius 2 is 2.14 bits per heavy atom. The van der Waals surface area contributed by atoms with Gasteiger partial charge in [-0.3, -0.25) is 4.98 Å². The van der Waals surface area contributed by atoms with Crippen molar-refractivity contribution in [2.24, 2.45) is 0 Å². The molecule has 2 heterocycles. The summed E-state index contributed by atoms with van der Waals surface area (Å²) in [5.74, 6) is 1.35. The number of aromatic nitrogens is 3. The van der Waals surface area contributed by atoms with Gasteiger partial charge in [-0.05, 0) is 37.9 Å². The fraction of sp³-hybridized carbons (Fsp3) is 0.562. The van der Waals surface area contributed by atoms with E-state index in [1.807, 2.05) is 19.2 Å². The summed E-state index contributed by atoms with van der Waals surface area (Å²) in [6, 6.07) is 2.32. The quantitative estimate of drug-likeness (QED) is 0.808. The monoisotopic (exact) mass is 288 g/mol. The van der Waals surface area contributed by atoms with Crippen molar-refractivity contribution in [2.75, 3.05) is 6.54 Å². The maximum Gasteiger partial charge on any atom is 0.228 e. The number of aryl methyl sites for hydroxylation is 1. The van der Waals surface area contributed by atoms with Crippen LogP contribution in [0.3, 0.4) is 0 Å². The highest BCUT2D eigenvalue weighted by molar-refractivity contribution is 5.57. The minimum Gasteiger partial charge on any atom is -0.339 e. The third kappa shape index (κ3) is 4.36. The van der Waals surface area contributed by atoms with E-state index in [0.717, 1.165) is 43.4 Å². The lowest BCUT2D eigenvalue weighted by molar-refractivity contribution is 0.350. The molecular formula is C16H24N4O. The SMILES string of the molecule is CCCNC(CCC)Cc1nc(-c2ccncc2C)no1. The molecule has 0 amide bonds. The van der Waals surface area contributed by atoms with Gasteiger partial charge >= 0.3 is 0 Å². The summed E-state index contributed by atoms with van der Waals surface area (Å²) in [5, 5.41) is 7.64. The van der Waals surface area contributed by atoms with E-state index in [4.69, 9.17) is 4.52 Å². The molecule has 0 spiro atoms. The summed E-state index contributed by atoms with van der Waals surface area (Å²) >= 11 is 0. The van der Waals surface area contributed by atoms with Crippen molar-refractivity contribution in [3.63, 3.8) is 0 Å². The van der Waals surface area contributed by atoms with E-state index < -0.39 is 0 Å². The van der Waals surface area contributed by atoms with Crippen LogP contribution in [0.4, 0.5) is 0 Å². The third-order valence-corrected chi connectivity index (χ3v) is 3.47. The van der Waals surface area contributed by atoms with Crippen LogP contribution in [0, 0.1) is 6.92 Å². The third-order valence-electron chi connectivity index (χ3n) is 3.47. The molecule has 0 saturated heterocycles. The van der Waals surface area contributed by atoms with Gasteiger partial charge in [-0.2, -0.15) is 4.98 Å². The molecular weight excluding hydrogens is 264 g/mol. The van der Waals surface area contributed by atoms with Gasteiger partial charge in [0.25, 0.3) is 0 Å². The van der Waals surface area contributed by atoms with Gasteiger partial charge < -0.3 is 9.84 Å². The molecule has 2 rings (SSSR count). The van der Waals surface area contributed by atoms with E-state index in [1.165, 1.54) is 0 Å². The standard InChI is InChI=1S/C16H24N4O/c1-4-6-13(18-8-5-2)10-15-19-16(20-21-15)14-7-9-17-11-12(14)3/h7,9,11,13,18H,4-6,8,10H2,1-3H3. The van der Waals surface area contributed by atoms with E-state index in [1.54, 1.807) is 6.20 Å². The van der Waals surface area contributed by atoms with Crippen molar-refractivity contribution >= 4 is 0 Å². The van der Waals surface area contributed by atoms with Crippen LogP contribution < -0.4 is 5.32 Å². The predicted octanol–water partition coefficient (Wildman–Crippen LogP) is 3.15. The number of nitrogens with one attached hydrogen (secondary N) is 1. The number of pyridine rings is 1. The Morgan fingerprint density at radius 3 is 2.86 bits per heavy atom. The zero-order valence-electron chi connectivity index (χ0n) is 13.1. The van der Waals surface area contributed by atoms with Crippen molar-refractivity contribution in [3.05, 3.63) is 29.9 Å². The minimum atomic E-state index is 0.404. The highest BCUT2D eigenvalue weighted by Gasteiger charge is 2.15. The number of rotatable bonds is 8. The Hall–Kier alpha value is -1.75. The molecule has 2 aromatic rings. The average molecular weight is 288 g/mol. The van der Waals surface area contributed by atoms with E-state index in [9.17, 15) is 0 Å².